The van der Waals surface area contributed by atoms with Gasteiger partial charge in [0.25, 0.3) is 0 Å². The first-order valence-electron chi connectivity index (χ1n) is 7.82. The first-order valence-corrected chi connectivity index (χ1v) is 9.45. The maximum atomic E-state index is 6.15. The van der Waals surface area contributed by atoms with Crippen molar-refractivity contribution >= 4 is 35.0 Å². The van der Waals surface area contributed by atoms with Crippen LogP contribution >= 0.6 is 35.0 Å². The Morgan fingerprint density at radius 1 is 1.04 bits per heavy atom. The second kappa shape index (κ2) is 8.61. The Labute approximate surface area is 156 Å². The molecule has 0 aliphatic rings. The maximum absolute atomic E-state index is 6.15. The third kappa shape index (κ3) is 5.04. The van der Waals surface area contributed by atoms with E-state index in [1.54, 1.807) is 0 Å². The van der Waals surface area contributed by atoms with Gasteiger partial charge in [0.2, 0.25) is 0 Å². The summed E-state index contributed by atoms with van der Waals surface area (Å²) in [5.74, 6) is 0. The van der Waals surface area contributed by atoms with Crippen LogP contribution in [0.2, 0.25) is 10.0 Å². The molecule has 0 saturated heterocycles. The van der Waals surface area contributed by atoms with Crippen LogP contribution in [0.25, 0.3) is 0 Å². The number of rotatable bonds is 7. The number of hydrogen-bond donors (Lipinski definition) is 0. The first-order chi connectivity index (χ1) is 11.7. The summed E-state index contributed by atoms with van der Waals surface area (Å²) in [4.78, 5) is 5.28. The van der Waals surface area contributed by atoms with Crippen LogP contribution in [0.5, 0.6) is 0 Å². The summed E-state index contributed by atoms with van der Waals surface area (Å²) < 4.78 is 2.13. The Kier molecular flexibility index (Phi) is 6.24. The molecule has 0 amide bonds. The van der Waals surface area contributed by atoms with Crippen molar-refractivity contribution in [2.24, 2.45) is 0 Å². The Morgan fingerprint density at radius 2 is 1.88 bits per heavy atom. The first kappa shape index (κ1) is 17.4. The molecule has 1 unspecified atom stereocenters. The Bertz CT molecular complexity index is 760. The monoisotopic (exact) mass is 376 g/mol. The van der Waals surface area contributed by atoms with Crippen LogP contribution in [0, 0.1) is 0 Å². The Balaban J connectivity index is 1.69. The molecule has 0 N–H and O–H groups in total. The highest BCUT2D eigenvalue weighted by atomic mass is 35.5. The lowest BCUT2D eigenvalue weighted by atomic mass is 10.1. The highest BCUT2D eigenvalue weighted by molar-refractivity contribution is 8.00. The van der Waals surface area contributed by atoms with E-state index in [0.717, 1.165) is 24.3 Å². The summed E-state index contributed by atoms with van der Waals surface area (Å²) in [6.45, 7) is 0.914. The fraction of sp³-hybridized carbons (Fsp3) is 0.211. The van der Waals surface area contributed by atoms with Gasteiger partial charge in [0, 0.05) is 29.1 Å². The lowest BCUT2D eigenvalue weighted by Crippen LogP contribution is -2.13. The molecule has 2 nitrogen and oxygen atoms in total. The summed E-state index contributed by atoms with van der Waals surface area (Å²) in [6.07, 6.45) is 7.82. The molecule has 0 bridgehead atoms. The molecular formula is C19H18Cl2N2S. The number of thioether (sulfide) groups is 1. The van der Waals surface area contributed by atoms with E-state index in [1.807, 2.05) is 48.7 Å². The predicted molar refractivity (Wildman–Crippen MR) is 103 cm³/mol. The molecule has 0 spiro atoms. The third-order valence-electron chi connectivity index (χ3n) is 3.77. The minimum atomic E-state index is 0.427. The zero-order chi connectivity index (χ0) is 16.8. The second-order valence-corrected chi connectivity index (χ2v) is 7.79. The molecule has 0 aliphatic carbocycles. The second-order valence-electron chi connectivity index (χ2n) is 5.60. The quantitative estimate of drug-likeness (QED) is 0.471. The summed E-state index contributed by atoms with van der Waals surface area (Å²) >= 11 is 14.0. The summed E-state index contributed by atoms with van der Waals surface area (Å²) in [5.41, 5.74) is 1.36. The van der Waals surface area contributed by atoms with Gasteiger partial charge in [0.05, 0.1) is 16.4 Å². The van der Waals surface area contributed by atoms with E-state index in [1.165, 1.54) is 5.56 Å². The average molecular weight is 377 g/mol. The van der Waals surface area contributed by atoms with E-state index in [2.05, 4.69) is 39.9 Å². The van der Waals surface area contributed by atoms with Crippen LogP contribution < -0.4 is 0 Å². The molecule has 3 rings (SSSR count). The molecule has 3 aromatic rings. The van der Waals surface area contributed by atoms with Crippen molar-refractivity contribution in [3.63, 3.8) is 0 Å². The number of hydrogen-bond acceptors (Lipinski definition) is 2. The van der Waals surface area contributed by atoms with Gasteiger partial charge in [-0.2, -0.15) is 0 Å². The number of nitrogens with zero attached hydrogens (tertiary/aromatic N) is 2. The summed E-state index contributed by atoms with van der Waals surface area (Å²) in [6, 6.07) is 16.4. The summed E-state index contributed by atoms with van der Waals surface area (Å²) in [7, 11) is 0. The zero-order valence-corrected chi connectivity index (χ0v) is 15.4. The van der Waals surface area contributed by atoms with Crippen LogP contribution in [0.15, 0.2) is 72.1 Å². The highest BCUT2D eigenvalue weighted by Gasteiger charge is 2.13. The van der Waals surface area contributed by atoms with Crippen molar-refractivity contribution < 1.29 is 0 Å². The van der Waals surface area contributed by atoms with Crippen LogP contribution in [-0.2, 0) is 13.0 Å². The molecular weight excluding hydrogens is 359 g/mol. The maximum Gasteiger partial charge on any atom is 0.0946 e. The van der Waals surface area contributed by atoms with Crippen molar-refractivity contribution in [1.82, 2.24) is 9.55 Å². The molecule has 0 fully saturated rings. The van der Waals surface area contributed by atoms with Gasteiger partial charge in [-0.05, 0) is 36.6 Å². The van der Waals surface area contributed by atoms with Crippen molar-refractivity contribution in [2.75, 3.05) is 0 Å². The number of aromatic nitrogens is 2. The zero-order valence-electron chi connectivity index (χ0n) is 13.1. The standard InChI is InChI=1S/C19H18Cl2N2S/c20-18-9-8-16(12-19(18)21)24-17(13-23-11-10-22-14-23)7-6-15-4-2-1-3-5-15/h1-5,8-12,14,17H,6-7,13H2. The van der Waals surface area contributed by atoms with Crippen LogP contribution in [0.4, 0.5) is 0 Å². The fourth-order valence-corrected chi connectivity index (χ4v) is 4.09. The van der Waals surface area contributed by atoms with E-state index < -0.39 is 0 Å². The number of aryl methyl sites for hydroxylation is 1. The van der Waals surface area contributed by atoms with Crippen LogP contribution in [0.1, 0.15) is 12.0 Å². The third-order valence-corrected chi connectivity index (χ3v) is 5.75. The van der Waals surface area contributed by atoms with Crippen molar-refractivity contribution in [1.29, 1.82) is 0 Å². The molecule has 0 saturated carbocycles. The fourth-order valence-electron chi connectivity index (χ4n) is 2.53. The number of benzene rings is 2. The van der Waals surface area contributed by atoms with E-state index in [4.69, 9.17) is 23.2 Å². The predicted octanol–water partition coefficient (Wildman–Crippen LogP) is 5.98. The Morgan fingerprint density at radius 3 is 2.58 bits per heavy atom. The van der Waals surface area contributed by atoms with Crippen LogP contribution in [-0.4, -0.2) is 14.8 Å². The normalized spacial score (nSPS) is 12.2. The molecule has 2 aromatic carbocycles. The van der Waals surface area contributed by atoms with Crippen molar-refractivity contribution in [3.05, 3.63) is 82.9 Å². The Hall–Kier alpha value is -1.42. The molecule has 24 heavy (non-hydrogen) atoms. The van der Waals surface area contributed by atoms with Gasteiger partial charge in [0.1, 0.15) is 0 Å². The largest absolute Gasteiger partial charge is 0.336 e. The van der Waals surface area contributed by atoms with Gasteiger partial charge in [-0.3, -0.25) is 0 Å². The number of halogens is 2. The topological polar surface area (TPSA) is 17.8 Å². The van der Waals surface area contributed by atoms with Crippen molar-refractivity contribution in [2.45, 2.75) is 29.5 Å². The minimum Gasteiger partial charge on any atom is -0.336 e. The molecule has 124 valence electrons. The van der Waals surface area contributed by atoms with E-state index >= 15 is 0 Å². The average Bonchev–Trinajstić information content (AvgIpc) is 3.10. The van der Waals surface area contributed by atoms with Gasteiger partial charge in [-0.1, -0.05) is 53.5 Å². The highest BCUT2D eigenvalue weighted by Crippen LogP contribution is 2.32. The smallest absolute Gasteiger partial charge is 0.0946 e. The van der Waals surface area contributed by atoms with Gasteiger partial charge >= 0.3 is 0 Å². The van der Waals surface area contributed by atoms with Gasteiger partial charge in [-0.15, -0.1) is 11.8 Å². The van der Waals surface area contributed by atoms with Crippen molar-refractivity contribution in [3.8, 4) is 0 Å². The van der Waals surface area contributed by atoms with Crippen LogP contribution in [0.3, 0.4) is 0 Å². The van der Waals surface area contributed by atoms with E-state index in [-0.39, 0.29) is 0 Å². The lowest BCUT2D eigenvalue weighted by molar-refractivity contribution is 0.624. The van der Waals surface area contributed by atoms with Gasteiger partial charge in [-0.25, -0.2) is 4.98 Å². The van der Waals surface area contributed by atoms with Gasteiger partial charge < -0.3 is 4.57 Å². The molecule has 1 aromatic heterocycles. The van der Waals surface area contributed by atoms with E-state index in [9.17, 15) is 0 Å². The summed E-state index contributed by atoms with van der Waals surface area (Å²) in [5, 5.41) is 1.62. The molecule has 5 heteroatoms. The van der Waals surface area contributed by atoms with Gasteiger partial charge in [0.15, 0.2) is 0 Å². The van der Waals surface area contributed by atoms with E-state index in [0.29, 0.717) is 15.3 Å². The molecule has 0 aliphatic heterocycles. The lowest BCUT2D eigenvalue weighted by Gasteiger charge is -2.17. The molecule has 0 radical (unpaired) electrons. The molecule has 1 heterocycles. The SMILES string of the molecule is Clc1ccc(SC(CCc2ccccc2)Cn2ccnc2)cc1Cl. The minimum absolute atomic E-state index is 0.427. The molecule has 1 atom stereocenters. The number of imidazole rings is 1.